The molecule has 1 saturated carbocycles. The highest BCUT2D eigenvalue weighted by molar-refractivity contribution is 7.88. The third kappa shape index (κ3) is 2.72. The van der Waals surface area contributed by atoms with Crippen LogP contribution >= 0.6 is 0 Å². The van der Waals surface area contributed by atoms with Crippen LogP contribution in [0.1, 0.15) is 32.1 Å². The Balaban J connectivity index is 1.55. The lowest BCUT2D eigenvalue weighted by molar-refractivity contribution is -0.136. The maximum absolute atomic E-state index is 12.5. The van der Waals surface area contributed by atoms with E-state index in [-0.39, 0.29) is 11.8 Å². The predicted molar refractivity (Wildman–Crippen MR) is 76.6 cm³/mol. The molecule has 0 aromatic rings. The number of carbonyl (C=O) groups is 1. The number of amides is 1. The molecule has 3 aliphatic rings. The van der Waals surface area contributed by atoms with E-state index in [2.05, 4.69) is 4.90 Å². The number of piperidine rings is 1. The highest BCUT2D eigenvalue weighted by atomic mass is 32.2. The molecule has 0 radical (unpaired) electrons. The summed E-state index contributed by atoms with van der Waals surface area (Å²) in [6, 6.07) is 0. The fraction of sp³-hybridized carbons (Fsp3) is 0.929. The van der Waals surface area contributed by atoms with Crippen LogP contribution in [0.3, 0.4) is 0 Å². The molecule has 3 fully saturated rings. The van der Waals surface area contributed by atoms with E-state index in [9.17, 15) is 13.2 Å². The molecule has 114 valence electrons. The largest absolute Gasteiger partial charge is 0.342 e. The molecule has 2 heterocycles. The molecular formula is C14H24N2O3S. The Morgan fingerprint density at radius 3 is 2.05 bits per heavy atom. The normalized spacial score (nSPS) is 32.5. The van der Waals surface area contributed by atoms with Gasteiger partial charge in [-0.3, -0.25) is 4.79 Å². The van der Waals surface area contributed by atoms with Crippen molar-refractivity contribution in [1.29, 1.82) is 0 Å². The molecule has 20 heavy (non-hydrogen) atoms. The van der Waals surface area contributed by atoms with Crippen LogP contribution in [0.25, 0.3) is 0 Å². The monoisotopic (exact) mass is 300 g/mol. The third-order valence-electron chi connectivity index (χ3n) is 5.31. The summed E-state index contributed by atoms with van der Waals surface area (Å²) < 4.78 is 24.5. The van der Waals surface area contributed by atoms with Crippen molar-refractivity contribution in [3.63, 3.8) is 0 Å². The first kappa shape index (κ1) is 14.3. The van der Waals surface area contributed by atoms with Crippen LogP contribution in [-0.4, -0.2) is 56.0 Å². The SMILES string of the molecule is CS(=O)(=O)N1CCC(C(=O)N2CC3CCCC3C2)CC1. The summed E-state index contributed by atoms with van der Waals surface area (Å²) in [6.07, 6.45) is 6.48. The lowest BCUT2D eigenvalue weighted by Crippen LogP contribution is -2.43. The van der Waals surface area contributed by atoms with Crippen molar-refractivity contribution in [1.82, 2.24) is 9.21 Å². The van der Waals surface area contributed by atoms with Crippen molar-refractivity contribution >= 4 is 15.9 Å². The van der Waals surface area contributed by atoms with Gasteiger partial charge in [-0.05, 0) is 37.5 Å². The van der Waals surface area contributed by atoms with Gasteiger partial charge >= 0.3 is 0 Å². The van der Waals surface area contributed by atoms with E-state index in [0.29, 0.717) is 25.9 Å². The second-order valence-electron chi connectivity index (χ2n) is 6.63. The van der Waals surface area contributed by atoms with Crippen LogP contribution in [0.2, 0.25) is 0 Å². The Kier molecular flexibility index (Phi) is 3.79. The summed E-state index contributed by atoms with van der Waals surface area (Å²) in [4.78, 5) is 14.6. The number of hydrogen-bond acceptors (Lipinski definition) is 3. The van der Waals surface area contributed by atoms with Crippen LogP contribution in [0.5, 0.6) is 0 Å². The minimum atomic E-state index is -3.10. The zero-order chi connectivity index (χ0) is 14.3. The number of hydrogen-bond donors (Lipinski definition) is 0. The number of sulfonamides is 1. The number of fused-ring (bicyclic) bond motifs is 1. The maximum atomic E-state index is 12.5. The molecule has 5 nitrogen and oxygen atoms in total. The van der Waals surface area contributed by atoms with Crippen molar-refractivity contribution in [2.24, 2.45) is 17.8 Å². The fourth-order valence-electron chi connectivity index (χ4n) is 4.11. The number of carbonyl (C=O) groups excluding carboxylic acids is 1. The quantitative estimate of drug-likeness (QED) is 0.762. The van der Waals surface area contributed by atoms with Gasteiger partial charge in [-0.2, -0.15) is 0 Å². The number of nitrogens with zero attached hydrogens (tertiary/aromatic N) is 2. The lowest BCUT2D eigenvalue weighted by atomic mass is 9.96. The second-order valence-corrected chi connectivity index (χ2v) is 8.61. The van der Waals surface area contributed by atoms with Gasteiger partial charge in [0.05, 0.1) is 6.26 Å². The molecule has 2 unspecified atom stereocenters. The van der Waals surface area contributed by atoms with Gasteiger partial charge in [0.15, 0.2) is 0 Å². The first-order chi connectivity index (χ1) is 9.45. The maximum Gasteiger partial charge on any atom is 0.225 e. The molecule has 1 amide bonds. The molecule has 0 bridgehead atoms. The van der Waals surface area contributed by atoms with Crippen LogP contribution in [0.4, 0.5) is 0 Å². The van der Waals surface area contributed by atoms with Crippen LogP contribution < -0.4 is 0 Å². The van der Waals surface area contributed by atoms with Gasteiger partial charge in [0.2, 0.25) is 15.9 Å². The van der Waals surface area contributed by atoms with Gasteiger partial charge in [-0.25, -0.2) is 12.7 Å². The Hall–Kier alpha value is -0.620. The molecule has 1 aliphatic carbocycles. The summed E-state index contributed by atoms with van der Waals surface area (Å²) in [5.41, 5.74) is 0. The molecule has 0 N–H and O–H groups in total. The molecule has 2 atom stereocenters. The zero-order valence-corrected chi connectivity index (χ0v) is 12.9. The van der Waals surface area contributed by atoms with Gasteiger partial charge in [-0.15, -0.1) is 0 Å². The second kappa shape index (κ2) is 5.30. The summed E-state index contributed by atoms with van der Waals surface area (Å²) in [5, 5.41) is 0. The minimum absolute atomic E-state index is 0.0341. The number of rotatable bonds is 2. The van der Waals surface area contributed by atoms with Crippen molar-refractivity contribution in [3.8, 4) is 0 Å². The minimum Gasteiger partial charge on any atom is -0.342 e. The lowest BCUT2D eigenvalue weighted by Gasteiger charge is -2.32. The predicted octanol–water partition coefficient (Wildman–Crippen LogP) is 0.916. The molecule has 2 aliphatic heterocycles. The summed E-state index contributed by atoms with van der Waals surface area (Å²) in [5.74, 6) is 1.77. The smallest absolute Gasteiger partial charge is 0.225 e. The topological polar surface area (TPSA) is 57.7 Å². The van der Waals surface area contributed by atoms with Crippen LogP contribution in [0, 0.1) is 17.8 Å². The summed E-state index contributed by atoms with van der Waals surface area (Å²) in [6.45, 7) is 2.87. The van der Waals surface area contributed by atoms with Gasteiger partial charge in [-0.1, -0.05) is 6.42 Å². The molecule has 0 spiro atoms. The van der Waals surface area contributed by atoms with Gasteiger partial charge in [0, 0.05) is 32.1 Å². The first-order valence-electron chi connectivity index (χ1n) is 7.69. The van der Waals surface area contributed by atoms with Crippen molar-refractivity contribution in [3.05, 3.63) is 0 Å². The molecule has 6 heteroatoms. The average Bonchev–Trinajstić information content (AvgIpc) is 2.97. The molecule has 0 aromatic carbocycles. The highest BCUT2D eigenvalue weighted by Gasteiger charge is 2.40. The Morgan fingerprint density at radius 1 is 1.00 bits per heavy atom. The summed E-state index contributed by atoms with van der Waals surface area (Å²) in [7, 11) is -3.10. The average molecular weight is 300 g/mol. The number of likely N-dealkylation sites (tertiary alicyclic amines) is 1. The van der Waals surface area contributed by atoms with E-state index in [0.717, 1.165) is 24.9 Å². The summed E-state index contributed by atoms with van der Waals surface area (Å²) >= 11 is 0. The molecule has 0 aromatic heterocycles. The van der Waals surface area contributed by atoms with E-state index in [1.165, 1.54) is 29.8 Å². The Morgan fingerprint density at radius 2 is 1.55 bits per heavy atom. The molecular weight excluding hydrogens is 276 g/mol. The van der Waals surface area contributed by atoms with Crippen LogP contribution in [-0.2, 0) is 14.8 Å². The van der Waals surface area contributed by atoms with Crippen molar-refractivity contribution in [2.45, 2.75) is 32.1 Å². The van der Waals surface area contributed by atoms with Crippen molar-refractivity contribution in [2.75, 3.05) is 32.4 Å². The Bertz CT molecular complexity index is 471. The third-order valence-corrected chi connectivity index (χ3v) is 6.61. The van der Waals surface area contributed by atoms with E-state index in [1.54, 1.807) is 0 Å². The van der Waals surface area contributed by atoms with Gasteiger partial charge in [0.25, 0.3) is 0 Å². The van der Waals surface area contributed by atoms with E-state index in [1.807, 2.05) is 0 Å². The fourth-order valence-corrected chi connectivity index (χ4v) is 4.98. The Labute approximate surface area is 121 Å². The first-order valence-corrected chi connectivity index (χ1v) is 9.54. The van der Waals surface area contributed by atoms with E-state index >= 15 is 0 Å². The molecule has 2 saturated heterocycles. The van der Waals surface area contributed by atoms with Gasteiger partial charge in [0.1, 0.15) is 0 Å². The molecule has 3 rings (SSSR count). The van der Waals surface area contributed by atoms with Crippen molar-refractivity contribution < 1.29 is 13.2 Å². The zero-order valence-electron chi connectivity index (χ0n) is 12.1. The van der Waals surface area contributed by atoms with E-state index in [4.69, 9.17) is 0 Å². The highest BCUT2D eigenvalue weighted by Crippen LogP contribution is 2.38. The van der Waals surface area contributed by atoms with Gasteiger partial charge < -0.3 is 4.90 Å². The van der Waals surface area contributed by atoms with Crippen LogP contribution in [0.15, 0.2) is 0 Å². The standard InChI is InChI=1S/C14H24N2O3S/c1-20(18,19)16-7-5-11(6-8-16)14(17)15-9-12-3-2-4-13(12)10-15/h11-13H,2-10H2,1H3. The van der Waals surface area contributed by atoms with E-state index < -0.39 is 10.0 Å².